The Hall–Kier alpha value is -0.660. The summed E-state index contributed by atoms with van der Waals surface area (Å²) in [7, 11) is 0. The summed E-state index contributed by atoms with van der Waals surface area (Å²) in [4.78, 5) is 25.6. The van der Waals surface area contributed by atoms with Gasteiger partial charge in [0.1, 0.15) is 5.78 Å². The van der Waals surface area contributed by atoms with Crippen LogP contribution >= 0.6 is 0 Å². The molecule has 0 aromatic carbocycles. The second-order valence-electron chi connectivity index (χ2n) is 9.90. The molecule has 3 rings (SSSR count). The average molecular weight is 332 g/mol. The van der Waals surface area contributed by atoms with E-state index in [9.17, 15) is 9.59 Å². The molecule has 0 aromatic rings. The molecule has 0 amide bonds. The van der Waals surface area contributed by atoms with Crippen molar-refractivity contribution in [2.45, 2.75) is 91.4 Å². The highest BCUT2D eigenvalue weighted by Crippen LogP contribution is 2.53. The van der Waals surface area contributed by atoms with E-state index >= 15 is 0 Å². The van der Waals surface area contributed by atoms with Crippen molar-refractivity contribution >= 4 is 12.1 Å². The molecule has 3 unspecified atom stereocenters. The van der Waals surface area contributed by atoms with Crippen LogP contribution in [-0.4, -0.2) is 12.1 Å². The zero-order valence-corrected chi connectivity index (χ0v) is 15.9. The maximum Gasteiger partial charge on any atom is 0.213 e. The summed E-state index contributed by atoms with van der Waals surface area (Å²) >= 11 is 0. The summed E-state index contributed by atoms with van der Waals surface area (Å²) in [6, 6.07) is 0. The molecule has 0 spiro atoms. The fourth-order valence-electron chi connectivity index (χ4n) is 6.10. The van der Waals surface area contributed by atoms with Crippen LogP contribution in [0.5, 0.6) is 0 Å². The van der Waals surface area contributed by atoms with Crippen LogP contribution in [-0.2, 0) is 9.59 Å². The van der Waals surface area contributed by atoms with Crippen LogP contribution in [0, 0.1) is 34.5 Å². The Kier molecular flexibility index (Phi) is 5.23. The van der Waals surface area contributed by atoms with Crippen molar-refractivity contribution in [1.82, 2.24) is 0 Å². The molecule has 3 atom stereocenters. The highest BCUT2D eigenvalue weighted by atomic mass is 16.1. The molecule has 0 N–H and O–H groups in total. The number of fused-ring (bicyclic) bond motifs is 1. The lowest BCUT2D eigenvalue weighted by atomic mass is 9.54. The molecule has 0 bridgehead atoms. The van der Waals surface area contributed by atoms with E-state index in [2.05, 4.69) is 27.1 Å². The fourth-order valence-corrected chi connectivity index (χ4v) is 6.10. The molecule has 2 heteroatoms. The first-order valence-electron chi connectivity index (χ1n) is 10.3. The van der Waals surface area contributed by atoms with Crippen molar-refractivity contribution in [3.63, 3.8) is 0 Å². The van der Waals surface area contributed by atoms with Crippen molar-refractivity contribution in [3.05, 3.63) is 0 Å². The average Bonchev–Trinajstić information content (AvgIpc) is 2.60. The molecule has 0 aliphatic heterocycles. The van der Waals surface area contributed by atoms with Crippen LogP contribution < -0.4 is 0 Å². The van der Waals surface area contributed by atoms with E-state index in [1.54, 1.807) is 0 Å². The highest BCUT2D eigenvalue weighted by Gasteiger charge is 2.53. The maximum absolute atomic E-state index is 13.5. The minimum atomic E-state index is -0.747. The Morgan fingerprint density at radius 2 is 1.54 bits per heavy atom. The van der Waals surface area contributed by atoms with Crippen LogP contribution in [0.1, 0.15) is 91.4 Å². The van der Waals surface area contributed by atoms with E-state index in [-0.39, 0.29) is 11.7 Å². The van der Waals surface area contributed by atoms with E-state index in [4.69, 9.17) is 0 Å². The molecule has 3 aliphatic rings. The molecule has 3 aliphatic carbocycles. The largest absolute Gasteiger partial charge is 0.298 e. The predicted molar refractivity (Wildman–Crippen MR) is 97.3 cm³/mol. The lowest BCUT2D eigenvalue weighted by molar-refractivity contribution is -0.137. The number of carbonyl (C=O) groups excluding carboxylic acids is 2. The van der Waals surface area contributed by atoms with Gasteiger partial charge in [0.15, 0.2) is 0 Å². The lowest BCUT2D eigenvalue weighted by Crippen LogP contribution is -2.50. The third-order valence-electron chi connectivity index (χ3n) is 7.63. The van der Waals surface area contributed by atoms with Crippen LogP contribution in [0.4, 0.5) is 0 Å². The summed E-state index contributed by atoms with van der Waals surface area (Å²) in [6.45, 7) is 6.94. The molecule has 0 heterocycles. The third-order valence-corrected chi connectivity index (χ3v) is 7.63. The summed E-state index contributed by atoms with van der Waals surface area (Å²) in [5.41, 5.74) is -0.412. The van der Waals surface area contributed by atoms with E-state index in [0.29, 0.717) is 23.2 Å². The smallest absolute Gasteiger partial charge is 0.213 e. The van der Waals surface area contributed by atoms with Gasteiger partial charge in [-0.1, -0.05) is 52.9 Å². The van der Waals surface area contributed by atoms with E-state index < -0.39 is 5.41 Å². The van der Waals surface area contributed by atoms with Gasteiger partial charge in [-0.05, 0) is 61.7 Å². The van der Waals surface area contributed by atoms with Gasteiger partial charge in [0.25, 0.3) is 0 Å². The molecule has 0 aromatic heterocycles. The molecular formula is C22H35O2. The Morgan fingerprint density at radius 1 is 0.917 bits per heavy atom. The van der Waals surface area contributed by atoms with Crippen molar-refractivity contribution in [2.75, 3.05) is 0 Å². The number of Topliss-reactive ketones (excluding diaryl/α,β-unsaturated/α-hetero) is 1. The second kappa shape index (κ2) is 6.92. The van der Waals surface area contributed by atoms with Crippen molar-refractivity contribution in [2.24, 2.45) is 34.5 Å². The summed E-state index contributed by atoms with van der Waals surface area (Å²) in [5, 5.41) is 0. The van der Waals surface area contributed by atoms with Crippen LogP contribution in [0.25, 0.3) is 0 Å². The quantitative estimate of drug-likeness (QED) is 0.640. The van der Waals surface area contributed by atoms with Gasteiger partial charge < -0.3 is 0 Å². The van der Waals surface area contributed by atoms with Gasteiger partial charge in [-0.25, -0.2) is 0 Å². The predicted octanol–water partition coefficient (Wildman–Crippen LogP) is 5.49. The zero-order chi connectivity index (χ0) is 17.4. The van der Waals surface area contributed by atoms with Crippen molar-refractivity contribution < 1.29 is 9.59 Å². The summed E-state index contributed by atoms with van der Waals surface area (Å²) < 4.78 is 0. The van der Waals surface area contributed by atoms with Gasteiger partial charge >= 0.3 is 0 Å². The van der Waals surface area contributed by atoms with Crippen LogP contribution in [0.3, 0.4) is 0 Å². The Morgan fingerprint density at radius 3 is 2.17 bits per heavy atom. The molecule has 3 fully saturated rings. The number of hydrogen-bond acceptors (Lipinski definition) is 2. The molecular weight excluding hydrogens is 296 g/mol. The molecule has 24 heavy (non-hydrogen) atoms. The molecule has 1 radical (unpaired) electrons. The Bertz CT molecular complexity index is 465. The first-order valence-corrected chi connectivity index (χ1v) is 10.3. The van der Waals surface area contributed by atoms with E-state index in [1.807, 2.05) is 0 Å². The summed E-state index contributed by atoms with van der Waals surface area (Å²) in [5.74, 6) is 2.01. The lowest BCUT2D eigenvalue weighted by Gasteiger charge is -2.48. The number of hydrogen-bond donors (Lipinski definition) is 0. The molecule has 2 nitrogen and oxygen atoms in total. The Balaban J connectivity index is 1.73. The second-order valence-corrected chi connectivity index (χ2v) is 9.90. The first-order chi connectivity index (χ1) is 11.4. The molecule has 135 valence electrons. The van der Waals surface area contributed by atoms with E-state index in [1.165, 1.54) is 25.7 Å². The van der Waals surface area contributed by atoms with Crippen molar-refractivity contribution in [3.8, 4) is 0 Å². The van der Waals surface area contributed by atoms with Gasteiger partial charge in [-0.3, -0.25) is 9.59 Å². The minimum absolute atomic E-state index is 0.116. The number of ketones is 1. The third kappa shape index (κ3) is 3.22. The topological polar surface area (TPSA) is 34.1 Å². The summed E-state index contributed by atoms with van der Waals surface area (Å²) in [6.07, 6.45) is 14.4. The van der Waals surface area contributed by atoms with E-state index in [0.717, 1.165) is 44.9 Å². The SMILES string of the molecule is CC(C)(C)C1CCC(C(=O)C2([C]=O)CCCC3CCCCC32)CC1. The monoisotopic (exact) mass is 331 g/mol. The maximum atomic E-state index is 13.5. The minimum Gasteiger partial charge on any atom is -0.298 e. The van der Waals surface area contributed by atoms with Gasteiger partial charge in [0.2, 0.25) is 6.29 Å². The first kappa shape index (κ1) is 18.1. The van der Waals surface area contributed by atoms with Gasteiger partial charge in [0, 0.05) is 5.92 Å². The number of carbonyl (C=O) groups is 1. The van der Waals surface area contributed by atoms with Gasteiger partial charge in [-0.15, -0.1) is 0 Å². The van der Waals surface area contributed by atoms with Gasteiger partial charge in [-0.2, -0.15) is 0 Å². The standard InChI is InChI=1S/C22H35O2/c1-21(2,3)18-12-10-17(11-13-18)20(24)22(15-23)14-6-8-16-7-4-5-9-19(16)22/h16-19H,4-14H2,1-3H3. The van der Waals surface area contributed by atoms with Crippen molar-refractivity contribution in [1.29, 1.82) is 0 Å². The normalized spacial score (nSPS) is 40.6. The fraction of sp³-hybridized carbons (Fsp3) is 0.909. The van der Waals surface area contributed by atoms with Crippen LogP contribution in [0.15, 0.2) is 0 Å². The van der Waals surface area contributed by atoms with Gasteiger partial charge in [0.05, 0.1) is 5.41 Å². The Labute approximate surface area is 148 Å². The molecule has 0 saturated heterocycles. The highest BCUT2D eigenvalue weighted by molar-refractivity contribution is 6.00. The zero-order valence-electron chi connectivity index (χ0n) is 15.9. The number of rotatable bonds is 3. The van der Waals surface area contributed by atoms with Crippen LogP contribution in [0.2, 0.25) is 0 Å². The molecule has 3 saturated carbocycles.